The van der Waals surface area contributed by atoms with Crippen LogP contribution < -0.4 is 5.73 Å². The van der Waals surface area contributed by atoms with Crippen molar-refractivity contribution in [1.82, 2.24) is 0 Å². The van der Waals surface area contributed by atoms with E-state index in [1.165, 1.54) is 57.8 Å². The molecule has 0 bridgehead atoms. The van der Waals surface area contributed by atoms with E-state index in [0.717, 1.165) is 31.3 Å². The summed E-state index contributed by atoms with van der Waals surface area (Å²) >= 11 is 1.95. The van der Waals surface area contributed by atoms with Gasteiger partial charge in [0, 0.05) is 31.4 Å². The lowest BCUT2D eigenvalue weighted by molar-refractivity contribution is -0.169. The van der Waals surface area contributed by atoms with Gasteiger partial charge in [0.25, 0.3) is 0 Å². The molecule has 0 saturated heterocycles. The van der Waals surface area contributed by atoms with Crippen LogP contribution in [-0.2, 0) is 9.47 Å². The summed E-state index contributed by atoms with van der Waals surface area (Å²) in [7, 11) is 0. The van der Waals surface area contributed by atoms with E-state index in [2.05, 4.69) is 20.8 Å². The van der Waals surface area contributed by atoms with Crippen LogP contribution in [0.25, 0.3) is 0 Å². The summed E-state index contributed by atoms with van der Waals surface area (Å²) in [5, 5.41) is 0. The molecule has 0 fully saturated rings. The van der Waals surface area contributed by atoms with Crippen molar-refractivity contribution in [2.45, 2.75) is 84.8 Å². The minimum absolute atomic E-state index is 0.0245. The summed E-state index contributed by atoms with van der Waals surface area (Å²) in [5.41, 5.74) is 5.58. The number of nitrogens with two attached hydrogens (primary N) is 1. The Morgan fingerprint density at radius 1 is 0.783 bits per heavy atom. The van der Waals surface area contributed by atoms with Crippen molar-refractivity contribution in [3.63, 3.8) is 0 Å². The zero-order chi connectivity index (χ0) is 17.2. The van der Waals surface area contributed by atoms with E-state index in [-0.39, 0.29) is 6.29 Å². The quantitative estimate of drug-likeness (QED) is 0.272. The van der Waals surface area contributed by atoms with Crippen LogP contribution in [0.5, 0.6) is 0 Å². The van der Waals surface area contributed by atoms with E-state index in [0.29, 0.717) is 5.92 Å². The second-order valence-electron chi connectivity index (χ2n) is 6.14. The minimum atomic E-state index is -0.0245. The molecular formula is C19H41NO2S. The largest absolute Gasteiger partial charge is 0.353 e. The molecule has 0 amide bonds. The predicted octanol–water partition coefficient (Wildman–Crippen LogP) is 5.22. The van der Waals surface area contributed by atoms with Crippen LogP contribution in [0.1, 0.15) is 78.6 Å². The van der Waals surface area contributed by atoms with Gasteiger partial charge >= 0.3 is 0 Å². The van der Waals surface area contributed by atoms with Gasteiger partial charge in [0.2, 0.25) is 0 Å². The molecule has 2 N–H and O–H groups in total. The van der Waals surface area contributed by atoms with Gasteiger partial charge in [-0.05, 0) is 32.4 Å². The maximum Gasteiger partial charge on any atom is 0.160 e. The highest BCUT2D eigenvalue weighted by Crippen LogP contribution is 2.24. The molecule has 0 aliphatic carbocycles. The van der Waals surface area contributed by atoms with Crippen LogP contribution in [0.2, 0.25) is 0 Å². The Labute approximate surface area is 149 Å². The van der Waals surface area contributed by atoms with Gasteiger partial charge in [-0.3, -0.25) is 0 Å². The Morgan fingerprint density at radius 2 is 1.39 bits per heavy atom. The molecule has 0 aliphatic heterocycles. The first kappa shape index (κ1) is 23.2. The fourth-order valence-corrected chi connectivity index (χ4v) is 3.69. The Balaban J connectivity index is 4.07. The molecule has 0 aromatic carbocycles. The van der Waals surface area contributed by atoms with Crippen molar-refractivity contribution in [3.05, 3.63) is 0 Å². The van der Waals surface area contributed by atoms with E-state index >= 15 is 0 Å². The molecule has 1 atom stereocenters. The average Bonchev–Trinajstić information content (AvgIpc) is 2.56. The molecule has 0 saturated carbocycles. The van der Waals surface area contributed by atoms with Crippen molar-refractivity contribution in [2.75, 3.05) is 31.3 Å². The lowest BCUT2D eigenvalue weighted by Crippen LogP contribution is -2.28. The first-order valence-electron chi connectivity index (χ1n) is 9.81. The van der Waals surface area contributed by atoms with E-state index in [4.69, 9.17) is 15.2 Å². The van der Waals surface area contributed by atoms with Gasteiger partial charge in [0.1, 0.15) is 0 Å². The molecule has 0 heterocycles. The highest BCUT2D eigenvalue weighted by molar-refractivity contribution is 7.99. The monoisotopic (exact) mass is 347 g/mol. The van der Waals surface area contributed by atoms with Crippen LogP contribution in [0.4, 0.5) is 0 Å². The summed E-state index contributed by atoms with van der Waals surface area (Å²) in [6.07, 6.45) is 11.9. The third-order valence-electron chi connectivity index (χ3n) is 4.12. The Bertz CT molecular complexity index is 223. The number of rotatable bonds is 18. The smallest absolute Gasteiger partial charge is 0.160 e. The Kier molecular flexibility index (Phi) is 18.8. The second kappa shape index (κ2) is 18.6. The molecular weight excluding hydrogens is 306 g/mol. The molecule has 3 nitrogen and oxygen atoms in total. The number of ether oxygens (including phenoxy) is 2. The molecule has 0 radical (unpaired) electrons. The van der Waals surface area contributed by atoms with Gasteiger partial charge < -0.3 is 15.2 Å². The molecule has 0 aromatic rings. The standard InChI is InChI=1S/C19H41NO2S/c1-4-7-8-9-10-11-12-13-18(14-16-23-17-15-20)19(21-5-2)22-6-3/h18-19H,4-17,20H2,1-3H3. The highest BCUT2D eigenvalue weighted by atomic mass is 32.2. The number of thioether (sulfide) groups is 1. The SMILES string of the molecule is CCCCCCCCCC(CCSCCN)C(OCC)OCC. The number of hydrogen-bond donors (Lipinski definition) is 1. The lowest BCUT2D eigenvalue weighted by atomic mass is 9.97. The number of unbranched alkanes of at least 4 members (excludes halogenated alkanes) is 6. The van der Waals surface area contributed by atoms with Gasteiger partial charge in [0.15, 0.2) is 6.29 Å². The van der Waals surface area contributed by atoms with Crippen molar-refractivity contribution >= 4 is 11.8 Å². The van der Waals surface area contributed by atoms with E-state index in [9.17, 15) is 0 Å². The van der Waals surface area contributed by atoms with Gasteiger partial charge in [-0.2, -0.15) is 11.8 Å². The average molecular weight is 348 g/mol. The normalized spacial score (nSPS) is 12.9. The maximum absolute atomic E-state index is 5.86. The first-order chi connectivity index (χ1) is 11.3. The lowest BCUT2D eigenvalue weighted by Gasteiger charge is -2.27. The van der Waals surface area contributed by atoms with Crippen LogP contribution in [0.3, 0.4) is 0 Å². The molecule has 0 spiro atoms. The molecule has 4 heteroatoms. The molecule has 1 unspecified atom stereocenters. The summed E-state index contributed by atoms with van der Waals surface area (Å²) < 4.78 is 11.7. The minimum Gasteiger partial charge on any atom is -0.353 e. The third kappa shape index (κ3) is 14.3. The second-order valence-corrected chi connectivity index (χ2v) is 7.36. The van der Waals surface area contributed by atoms with Gasteiger partial charge in [-0.1, -0.05) is 51.9 Å². The van der Waals surface area contributed by atoms with Crippen LogP contribution in [0, 0.1) is 5.92 Å². The van der Waals surface area contributed by atoms with E-state index in [1.807, 2.05) is 11.8 Å². The van der Waals surface area contributed by atoms with Gasteiger partial charge in [-0.15, -0.1) is 0 Å². The zero-order valence-electron chi connectivity index (χ0n) is 15.9. The Morgan fingerprint density at radius 3 is 1.96 bits per heavy atom. The molecule has 23 heavy (non-hydrogen) atoms. The van der Waals surface area contributed by atoms with E-state index < -0.39 is 0 Å². The van der Waals surface area contributed by atoms with Gasteiger partial charge in [-0.25, -0.2) is 0 Å². The Hall–Kier alpha value is 0.230. The van der Waals surface area contributed by atoms with Crippen molar-refractivity contribution < 1.29 is 9.47 Å². The third-order valence-corrected chi connectivity index (χ3v) is 5.17. The van der Waals surface area contributed by atoms with Crippen LogP contribution in [-0.4, -0.2) is 37.6 Å². The summed E-state index contributed by atoms with van der Waals surface area (Å²) in [5.74, 6) is 2.74. The van der Waals surface area contributed by atoms with Crippen LogP contribution in [0.15, 0.2) is 0 Å². The molecule has 140 valence electrons. The summed E-state index contributed by atoms with van der Waals surface area (Å²) in [6, 6.07) is 0. The van der Waals surface area contributed by atoms with Crippen LogP contribution >= 0.6 is 11.8 Å². The first-order valence-corrected chi connectivity index (χ1v) is 11.0. The zero-order valence-corrected chi connectivity index (χ0v) is 16.7. The van der Waals surface area contributed by atoms with Gasteiger partial charge in [0.05, 0.1) is 0 Å². The molecule has 0 rings (SSSR count). The summed E-state index contributed by atoms with van der Waals surface area (Å²) in [6.45, 7) is 8.62. The van der Waals surface area contributed by atoms with Crippen molar-refractivity contribution in [1.29, 1.82) is 0 Å². The maximum atomic E-state index is 5.86. The molecule has 0 aromatic heterocycles. The van der Waals surface area contributed by atoms with Crippen molar-refractivity contribution in [3.8, 4) is 0 Å². The van der Waals surface area contributed by atoms with E-state index in [1.54, 1.807) is 0 Å². The fraction of sp³-hybridized carbons (Fsp3) is 1.00. The summed E-state index contributed by atoms with van der Waals surface area (Å²) in [4.78, 5) is 0. The molecule has 0 aliphatic rings. The number of hydrogen-bond acceptors (Lipinski definition) is 4. The van der Waals surface area contributed by atoms with Crippen molar-refractivity contribution in [2.24, 2.45) is 11.7 Å². The fourth-order valence-electron chi connectivity index (χ4n) is 2.85. The topological polar surface area (TPSA) is 44.5 Å². The predicted molar refractivity (Wildman–Crippen MR) is 104 cm³/mol. The highest BCUT2D eigenvalue weighted by Gasteiger charge is 2.21.